The smallest absolute Gasteiger partial charge is 0.406 e. The number of aromatic nitrogens is 3. The molecule has 0 saturated carbocycles. The summed E-state index contributed by atoms with van der Waals surface area (Å²) in [6.07, 6.45) is -2.26. The Labute approximate surface area is 217 Å². The monoisotopic (exact) mass is 513 g/mol. The van der Waals surface area contributed by atoms with Gasteiger partial charge in [0.25, 0.3) is 0 Å². The quantitative estimate of drug-likeness (QED) is 0.204. The van der Waals surface area contributed by atoms with Gasteiger partial charge >= 0.3 is 6.36 Å². The molecule has 5 nitrogen and oxygen atoms in total. The van der Waals surface area contributed by atoms with E-state index in [2.05, 4.69) is 14.8 Å². The second kappa shape index (κ2) is 10.7. The van der Waals surface area contributed by atoms with Gasteiger partial charge in [0.05, 0.1) is 5.69 Å². The highest BCUT2D eigenvalue weighted by Crippen LogP contribution is 2.25. The van der Waals surface area contributed by atoms with E-state index in [4.69, 9.17) is 0 Å². The van der Waals surface area contributed by atoms with Gasteiger partial charge in [-0.05, 0) is 53.4 Å². The molecule has 0 radical (unpaired) electrons. The number of ether oxygens (including phenoxy) is 1. The number of alkyl halides is 3. The lowest BCUT2D eigenvalue weighted by atomic mass is 9.98. The molecule has 0 bridgehead atoms. The van der Waals surface area contributed by atoms with Gasteiger partial charge in [-0.3, -0.25) is 4.79 Å². The van der Waals surface area contributed by atoms with Gasteiger partial charge in [0, 0.05) is 17.5 Å². The minimum Gasteiger partial charge on any atom is -0.406 e. The van der Waals surface area contributed by atoms with Crippen LogP contribution < -0.4 is 4.74 Å². The van der Waals surface area contributed by atoms with Crippen molar-refractivity contribution in [3.8, 4) is 34.0 Å². The number of carbonyl (C=O) groups excluding carboxylic acids is 1. The van der Waals surface area contributed by atoms with E-state index in [0.29, 0.717) is 29.9 Å². The number of carbonyl (C=O) groups is 1. The van der Waals surface area contributed by atoms with Gasteiger partial charge in [-0.15, -0.1) is 18.3 Å². The Morgan fingerprint density at radius 3 is 2.21 bits per heavy atom. The Morgan fingerprint density at radius 2 is 1.50 bits per heavy atom. The molecule has 38 heavy (non-hydrogen) atoms. The number of hydrogen-bond acceptors (Lipinski definition) is 4. The van der Waals surface area contributed by atoms with Gasteiger partial charge in [0.2, 0.25) is 0 Å². The number of ketones is 1. The molecular weight excluding hydrogens is 491 g/mol. The molecular formula is C30H22F3N3O2. The van der Waals surface area contributed by atoms with Crippen LogP contribution in [0.25, 0.3) is 28.2 Å². The van der Waals surface area contributed by atoms with E-state index in [-0.39, 0.29) is 11.5 Å². The third-order valence-corrected chi connectivity index (χ3v) is 5.97. The second-order valence-corrected chi connectivity index (χ2v) is 8.62. The minimum atomic E-state index is -4.74. The van der Waals surface area contributed by atoms with Crippen molar-refractivity contribution >= 4 is 5.78 Å². The highest BCUT2D eigenvalue weighted by Gasteiger charge is 2.31. The van der Waals surface area contributed by atoms with Crippen LogP contribution in [0.2, 0.25) is 0 Å². The fourth-order valence-corrected chi connectivity index (χ4v) is 4.05. The Hall–Kier alpha value is -4.72. The third kappa shape index (κ3) is 6.15. The molecule has 0 aliphatic heterocycles. The summed E-state index contributed by atoms with van der Waals surface area (Å²) in [6, 6.07) is 30.6. The van der Waals surface area contributed by atoms with Gasteiger partial charge in [-0.1, -0.05) is 72.8 Å². The van der Waals surface area contributed by atoms with E-state index in [1.165, 1.54) is 35.3 Å². The average molecular weight is 514 g/mol. The first-order chi connectivity index (χ1) is 18.3. The summed E-state index contributed by atoms with van der Waals surface area (Å²) in [5.41, 5.74) is 5.12. The molecule has 0 aliphatic carbocycles. The van der Waals surface area contributed by atoms with Crippen LogP contribution >= 0.6 is 0 Å². The number of aryl methyl sites for hydroxylation is 1. The van der Waals surface area contributed by atoms with Crippen LogP contribution in [0.4, 0.5) is 13.2 Å². The molecule has 190 valence electrons. The predicted molar refractivity (Wildman–Crippen MR) is 138 cm³/mol. The Kier molecular flexibility index (Phi) is 7.04. The molecule has 0 aliphatic rings. The number of hydrogen-bond donors (Lipinski definition) is 0. The molecule has 4 aromatic carbocycles. The second-order valence-electron chi connectivity index (χ2n) is 8.62. The highest BCUT2D eigenvalue weighted by molar-refractivity contribution is 5.97. The molecule has 0 atom stereocenters. The van der Waals surface area contributed by atoms with Crippen LogP contribution in [0.5, 0.6) is 5.75 Å². The zero-order valence-corrected chi connectivity index (χ0v) is 20.1. The van der Waals surface area contributed by atoms with Gasteiger partial charge < -0.3 is 4.74 Å². The minimum absolute atomic E-state index is 0.0823. The van der Waals surface area contributed by atoms with Crippen molar-refractivity contribution in [1.82, 2.24) is 14.8 Å². The largest absolute Gasteiger partial charge is 0.573 e. The van der Waals surface area contributed by atoms with E-state index in [1.54, 1.807) is 0 Å². The fraction of sp³-hybridized carbons (Fsp3) is 0.100. The fourth-order valence-electron chi connectivity index (χ4n) is 4.05. The van der Waals surface area contributed by atoms with Gasteiger partial charge in [-0.2, -0.15) is 0 Å². The molecule has 0 amide bonds. The normalized spacial score (nSPS) is 11.3. The van der Waals surface area contributed by atoms with E-state index in [0.717, 1.165) is 22.3 Å². The zero-order valence-electron chi connectivity index (χ0n) is 20.1. The number of nitrogens with zero attached hydrogens (tertiary/aromatic N) is 3. The first-order valence-electron chi connectivity index (χ1n) is 11.9. The summed E-state index contributed by atoms with van der Waals surface area (Å²) in [5, 5.41) is 4.42. The molecule has 8 heteroatoms. The Balaban J connectivity index is 1.20. The first-order valence-corrected chi connectivity index (χ1v) is 11.9. The predicted octanol–water partition coefficient (Wildman–Crippen LogP) is 7.32. The first kappa shape index (κ1) is 25.0. The van der Waals surface area contributed by atoms with Crippen LogP contribution in [0.1, 0.15) is 22.3 Å². The molecule has 0 unspecified atom stereocenters. The SMILES string of the molecule is O=C(CCc1ccc(-c2ncn(-c3ccc(OC(F)(F)F)cc3)n2)cc1)c1cccc(-c2ccccc2)c1. The van der Waals surface area contributed by atoms with Crippen LogP contribution in [-0.4, -0.2) is 26.9 Å². The van der Waals surface area contributed by atoms with E-state index < -0.39 is 6.36 Å². The molecule has 5 rings (SSSR count). The summed E-state index contributed by atoms with van der Waals surface area (Å²) in [7, 11) is 0. The van der Waals surface area contributed by atoms with E-state index in [9.17, 15) is 18.0 Å². The number of Topliss-reactive ketones (excluding diaryl/α,β-unsaturated/α-hetero) is 1. The van der Waals surface area contributed by atoms with Crippen molar-refractivity contribution in [3.05, 3.63) is 121 Å². The summed E-state index contributed by atoms with van der Waals surface area (Å²) >= 11 is 0. The summed E-state index contributed by atoms with van der Waals surface area (Å²) < 4.78 is 42.4. The lowest BCUT2D eigenvalue weighted by molar-refractivity contribution is -0.274. The van der Waals surface area contributed by atoms with E-state index >= 15 is 0 Å². The van der Waals surface area contributed by atoms with Crippen LogP contribution in [-0.2, 0) is 6.42 Å². The topological polar surface area (TPSA) is 57.0 Å². The maximum atomic E-state index is 12.8. The van der Waals surface area contributed by atoms with Gasteiger partial charge in [0.1, 0.15) is 12.1 Å². The van der Waals surface area contributed by atoms with Crippen LogP contribution in [0.3, 0.4) is 0 Å². The van der Waals surface area contributed by atoms with Crippen molar-refractivity contribution < 1.29 is 22.7 Å². The number of rotatable bonds is 8. The maximum absolute atomic E-state index is 12.8. The number of halogens is 3. The summed E-state index contributed by atoms with van der Waals surface area (Å²) in [4.78, 5) is 17.1. The molecule has 0 fully saturated rings. The van der Waals surface area contributed by atoms with Crippen molar-refractivity contribution in [3.63, 3.8) is 0 Å². The third-order valence-electron chi connectivity index (χ3n) is 5.97. The maximum Gasteiger partial charge on any atom is 0.573 e. The van der Waals surface area contributed by atoms with Crippen molar-refractivity contribution in [2.24, 2.45) is 0 Å². The standard InChI is InChI=1S/C30H22F3N3O2/c31-30(32,33)38-27-16-14-26(15-17-27)36-20-34-29(35-36)23-12-9-21(10-13-23)11-18-28(37)25-8-4-7-24(19-25)22-5-2-1-3-6-22/h1-10,12-17,19-20H,11,18H2. The highest BCUT2D eigenvalue weighted by atomic mass is 19.4. The van der Waals surface area contributed by atoms with Crippen LogP contribution in [0.15, 0.2) is 109 Å². The summed E-state index contributed by atoms with van der Waals surface area (Å²) in [5.74, 6) is 0.249. The van der Waals surface area contributed by atoms with Crippen molar-refractivity contribution in [1.29, 1.82) is 0 Å². The van der Waals surface area contributed by atoms with Gasteiger partial charge in [-0.25, -0.2) is 9.67 Å². The Bertz CT molecular complexity index is 1530. The molecule has 0 spiro atoms. The van der Waals surface area contributed by atoms with Gasteiger partial charge in [0.15, 0.2) is 11.6 Å². The van der Waals surface area contributed by atoms with E-state index in [1.807, 2.05) is 78.9 Å². The van der Waals surface area contributed by atoms with Crippen molar-refractivity contribution in [2.45, 2.75) is 19.2 Å². The molecule has 0 saturated heterocycles. The molecule has 1 aromatic heterocycles. The summed E-state index contributed by atoms with van der Waals surface area (Å²) in [6.45, 7) is 0. The molecule has 0 N–H and O–H groups in total. The lowest BCUT2D eigenvalue weighted by Crippen LogP contribution is -2.17. The van der Waals surface area contributed by atoms with Crippen LogP contribution in [0, 0.1) is 0 Å². The number of benzene rings is 4. The Morgan fingerprint density at radius 1 is 0.789 bits per heavy atom. The lowest BCUT2D eigenvalue weighted by Gasteiger charge is -2.09. The average Bonchev–Trinajstić information content (AvgIpc) is 3.42. The molecule has 5 aromatic rings. The molecule has 1 heterocycles. The van der Waals surface area contributed by atoms with Crippen molar-refractivity contribution in [2.75, 3.05) is 0 Å². The zero-order chi connectivity index (χ0) is 26.5.